The number of carbonyl (C=O) groups excluding carboxylic acids is 2. The first kappa shape index (κ1) is 24.7. The van der Waals surface area contributed by atoms with Crippen LogP contribution in [0.4, 0.5) is 0 Å². The second-order valence-corrected chi connectivity index (χ2v) is 9.69. The van der Waals surface area contributed by atoms with Gasteiger partial charge in [0.1, 0.15) is 5.75 Å². The van der Waals surface area contributed by atoms with Crippen molar-refractivity contribution in [1.29, 1.82) is 0 Å². The molecule has 1 aliphatic rings. The van der Waals surface area contributed by atoms with E-state index in [2.05, 4.69) is 14.9 Å². The molecule has 2 N–H and O–H groups in total. The van der Waals surface area contributed by atoms with E-state index in [1.807, 2.05) is 31.2 Å². The first-order valence-electron chi connectivity index (χ1n) is 10.7. The Morgan fingerprint density at radius 3 is 2.18 bits per heavy atom. The first-order valence-corrected chi connectivity index (χ1v) is 12.2. The minimum Gasteiger partial charge on any atom is -0.497 e. The number of hydrogen-bond donors (Lipinski definition) is 2. The van der Waals surface area contributed by atoms with Crippen molar-refractivity contribution in [2.45, 2.75) is 18.4 Å². The lowest BCUT2D eigenvalue weighted by molar-refractivity contribution is -0.134. The Balaban J connectivity index is 1.37. The van der Waals surface area contributed by atoms with Crippen molar-refractivity contribution in [2.24, 2.45) is 0 Å². The molecular weight excluding hydrogens is 444 g/mol. The van der Waals surface area contributed by atoms with Crippen molar-refractivity contribution < 1.29 is 22.7 Å². The predicted octanol–water partition coefficient (Wildman–Crippen LogP) is 0.743. The molecule has 10 heteroatoms. The highest BCUT2D eigenvalue weighted by Gasteiger charge is 2.22. The number of nitrogens with one attached hydrogen (secondary N) is 2. The maximum absolute atomic E-state index is 12.4. The number of benzene rings is 2. The molecule has 2 amide bonds. The molecule has 2 aromatic rings. The Bertz CT molecular complexity index is 1050. The third-order valence-electron chi connectivity index (χ3n) is 5.48. The number of nitrogens with zero attached hydrogens (tertiary/aromatic N) is 2. The van der Waals surface area contributed by atoms with Gasteiger partial charge in [0.25, 0.3) is 0 Å². The first-order chi connectivity index (χ1) is 15.8. The fourth-order valence-electron chi connectivity index (χ4n) is 3.45. The van der Waals surface area contributed by atoms with E-state index in [9.17, 15) is 18.0 Å². The van der Waals surface area contributed by atoms with E-state index >= 15 is 0 Å². The average molecular weight is 475 g/mol. The van der Waals surface area contributed by atoms with Crippen LogP contribution in [-0.4, -0.2) is 76.4 Å². The smallest absolute Gasteiger partial charge is 0.242 e. The molecule has 1 aliphatic heterocycles. The minimum absolute atomic E-state index is 0.0875. The molecule has 0 aliphatic carbocycles. The van der Waals surface area contributed by atoms with Gasteiger partial charge in [-0.2, -0.15) is 0 Å². The Morgan fingerprint density at radius 2 is 1.58 bits per heavy atom. The van der Waals surface area contributed by atoms with Crippen molar-refractivity contribution in [1.82, 2.24) is 19.8 Å². The normalized spacial score (nSPS) is 14.7. The number of carbonyl (C=O) groups is 2. The van der Waals surface area contributed by atoms with E-state index < -0.39 is 22.5 Å². The van der Waals surface area contributed by atoms with Gasteiger partial charge in [0.2, 0.25) is 21.8 Å². The zero-order valence-corrected chi connectivity index (χ0v) is 19.7. The van der Waals surface area contributed by atoms with Gasteiger partial charge >= 0.3 is 0 Å². The summed E-state index contributed by atoms with van der Waals surface area (Å²) in [5.41, 5.74) is 2.11. The third kappa shape index (κ3) is 7.28. The van der Waals surface area contributed by atoms with Gasteiger partial charge in [-0.15, -0.1) is 0 Å². The van der Waals surface area contributed by atoms with Crippen molar-refractivity contribution in [2.75, 3.05) is 46.4 Å². The number of hydrogen-bond acceptors (Lipinski definition) is 6. The lowest BCUT2D eigenvalue weighted by Crippen LogP contribution is -2.51. The highest BCUT2D eigenvalue weighted by atomic mass is 32.2. The molecule has 0 atom stereocenters. The molecule has 178 valence electrons. The van der Waals surface area contributed by atoms with Gasteiger partial charge in [0.05, 0.1) is 25.1 Å². The Morgan fingerprint density at radius 1 is 0.939 bits per heavy atom. The summed E-state index contributed by atoms with van der Waals surface area (Å²) >= 11 is 0. The fourth-order valence-corrected chi connectivity index (χ4v) is 4.44. The second kappa shape index (κ2) is 11.3. The Kier molecular flexibility index (Phi) is 8.43. The van der Waals surface area contributed by atoms with Crippen molar-refractivity contribution in [3.05, 3.63) is 59.7 Å². The summed E-state index contributed by atoms with van der Waals surface area (Å²) in [6, 6.07) is 14.2. The molecule has 0 unspecified atom stereocenters. The molecule has 0 aromatic heterocycles. The van der Waals surface area contributed by atoms with Crippen molar-refractivity contribution in [3.8, 4) is 5.75 Å². The van der Waals surface area contributed by atoms with Crippen molar-refractivity contribution in [3.63, 3.8) is 0 Å². The largest absolute Gasteiger partial charge is 0.497 e. The molecule has 9 nitrogen and oxygen atoms in total. The van der Waals surface area contributed by atoms with Gasteiger partial charge in [0, 0.05) is 32.7 Å². The van der Waals surface area contributed by atoms with Gasteiger partial charge in [-0.1, -0.05) is 29.8 Å². The standard InChI is InChI=1S/C23H30N4O5S/c1-18-3-9-21(10-4-18)33(30,31)25-15-22(28)24-16-23(29)27-13-11-26(12-14-27)17-19-5-7-20(32-2)8-6-19/h3-10,25H,11-17H2,1-2H3,(H,24,28). The van der Waals surface area contributed by atoms with Crippen LogP contribution in [-0.2, 0) is 26.2 Å². The average Bonchev–Trinajstić information content (AvgIpc) is 2.82. The minimum atomic E-state index is -3.79. The summed E-state index contributed by atoms with van der Waals surface area (Å²) in [5, 5.41) is 2.49. The van der Waals surface area contributed by atoms with Crippen LogP contribution in [0.1, 0.15) is 11.1 Å². The van der Waals surface area contributed by atoms with E-state index in [0.29, 0.717) is 13.1 Å². The summed E-state index contributed by atoms with van der Waals surface area (Å²) in [6.45, 7) is 4.68. The number of methoxy groups -OCH3 is 1. The molecule has 1 saturated heterocycles. The lowest BCUT2D eigenvalue weighted by atomic mass is 10.2. The van der Waals surface area contributed by atoms with Crippen molar-refractivity contribution >= 4 is 21.8 Å². The van der Waals surface area contributed by atoms with E-state index in [1.54, 1.807) is 24.1 Å². The Labute approximate surface area is 194 Å². The van der Waals surface area contributed by atoms with Gasteiger partial charge in [-0.05, 0) is 36.8 Å². The quantitative estimate of drug-likeness (QED) is 0.555. The van der Waals surface area contributed by atoms with Gasteiger partial charge < -0.3 is 15.0 Å². The SMILES string of the molecule is COc1ccc(CN2CCN(C(=O)CNC(=O)CNS(=O)(=O)c3ccc(C)cc3)CC2)cc1. The number of amides is 2. The van der Waals surface area contributed by atoms with Gasteiger partial charge in [0.15, 0.2) is 0 Å². The third-order valence-corrected chi connectivity index (χ3v) is 6.90. The van der Waals surface area contributed by atoms with Crippen LogP contribution in [0.15, 0.2) is 53.4 Å². The highest BCUT2D eigenvalue weighted by molar-refractivity contribution is 7.89. The van der Waals surface area contributed by atoms with E-state index in [-0.39, 0.29) is 17.3 Å². The molecule has 1 fully saturated rings. The van der Waals surface area contributed by atoms with Gasteiger partial charge in [-0.3, -0.25) is 14.5 Å². The molecule has 0 saturated carbocycles. The summed E-state index contributed by atoms with van der Waals surface area (Å²) in [7, 11) is -2.15. The molecule has 1 heterocycles. The van der Waals surface area contributed by atoms with Crippen LogP contribution in [0, 0.1) is 6.92 Å². The van der Waals surface area contributed by atoms with E-state index in [0.717, 1.165) is 30.9 Å². The predicted molar refractivity (Wildman–Crippen MR) is 124 cm³/mol. The van der Waals surface area contributed by atoms with E-state index in [1.165, 1.54) is 17.7 Å². The zero-order chi connectivity index (χ0) is 23.8. The maximum atomic E-state index is 12.4. The molecule has 0 radical (unpaired) electrons. The summed E-state index contributed by atoms with van der Waals surface area (Å²) in [5.74, 6) is 0.0742. The maximum Gasteiger partial charge on any atom is 0.242 e. The number of aryl methyl sites for hydroxylation is 1. The van der Waals surface area contributed by atoms with Crippen LogP contribution in [0.2, 0.25) is 0 Å². The summed E-state index contributed by atoms with van der Waals surface area (Å²) in [4.78, 5) is 28.5. The molecule has 0 bridgehead atoms. The van der Waals surface area contributed by atoms with Crippen LogP contribution in [0.25, 0.3) is 0 Å². The van der Waals surface area contributed by atoms with Crippen LogP contribution >= 0.6 is 0 Å². The number of piperazine rings is 1. The molecule has 3 rings (SSSR count). The van der Waals surface area contributed by atoms with Crippen LogP contribution in [0.3, 0.4) is 0 Å². The van der Waals surface area contributed by atoms with Gasteiger partial charge in [-0.25, -0.2) is 13.1 Å². The summed E-state index contributed by atoms with van der Waals surface area (Å²) < 4.78 is 31.9. The van der Waals surface area contributed by atoms with Crippen LogP contribution < -0.4 is 14.8 Å². The number of ether oxygens (including phenoxy) is 1. The highest BCUT2D eigenvalue weighted by Crippen LogP contribution is 2.14. The molecular formula is C23H30N4O5S. The Hall–Kier alpha value is -2.95. The lowest BCUT2D eigenvalue weighted by Gasteiger charge is -2.34. The zero-order valence-electron chi connectivity index (χ0n) is 18.9. The second-order valence-electron chi connectivity index (χ2n) is 7.92. The number of sulfonamides is 1. The summed E-state index contributed by atoms with van der Waals surface area (Å²) in [6.07, 6.45) is 0. The number of rotatable bonds is 9. The molecule has 2 aromatic carbocycles. The van der Waals surface area contributed by atoms with Crippen LogP contribution in [0.5, 0.6) is 5.75 Å². The molecule has 0 spiro atoms. The van der Waals surface area contributed by atoms with E-state index in [4.69, 9.17) is 4.74 Å². The fraction of sp³-hybridized carbons (Fsp3) is 0.391. The monoisotopic (exact) mass is 474 g/mol. The molecule has 33 heavy (non-hydrogen) atoms. The topological polar surface area (TPSA) is 108 Å².